The fraction of sp³-hybridized carbons (Fsp3) is 0.167. The molecule has 0 saturated carbocycles. The van der Waals surface area contributed by atoms with Gasteiger partial charge in [-0.05, 0) is 35.0 Å². The van der Waals surface area contributed by atoms with Gasteiger partial charge in [0, 0.05) is 4.47 Å². The normalized spacial score (nSPS) is 14.1. The number of benzene rings is 1. The van der Waals surface area contributed by atoms with Crippen LogP contribution < -0.4 is 4.90 Å². The van der Waals surface area contributed by atoms with Crippen LogP contribution in [0.1, 0.15) is 22.1 Å². The second-order valence-electron chi connectivity index (χ2n) is 4.09. The maximum Gasteiger partial charge on any atom is 0.299 e. The van der Waals surface area contributed by atoms with Crippen LogP contribution >= 0.6 is 15.9 Å². The van der Waals surface area contributed by atoms with Crippen molar-refractivity contribution in [2.24, 2.45) is 0 Å². The fourth-order valence-corrected chi connectivity index (χ4v) is 2.58. The van der Waals surface area contributed by atoms with Crippen LogP contribution in [-0.2, 0) is 11.3 Å². The number of para-hydroxylation sites is 1. The summed E-state index contributed by atoms with van der Waals surface area (Å²) in [7, 11) is 0. The van der Waals surface area contributed by atoms with Crippen LogP contribution in [0, 0.1) is 6.92 Å². The van der Waals surface area contributed by atoms with E-state index in [1.165, 1.54) is 4.90 Å². The highest BCUT2D eigenvalue weighted by molar-refractivity contribution is 9.10. The quantitative estimate of drug-likeness (QED) is 0.789. The van der Waals surface area contributed by atoms with E-state index in [0.717, 1.165) is 0 Å². The minimum absolute atomic E-state index is 0.0844. The molecular formula is C12H8BrN3O3. The van der Waals surface area contributed by atoms with Crippen molar-refractivity contribution in [2.45, 2.75) is 13.5 Å². The van der Waals surface area contributed by atoms with Crippen molar-refractivity contribution < 1.29 is 14.1 Å². The predicted molar refractivity (Wildman–Crippen MR) is 68.7 cm³/mol. The molecule has 0 spiro atoms. The standard InChI is InChI=1S/C12H8BrN3O3/c1-6-14-9(19-15-6)5-16-10-7(11(17)12(16)18)3-2-4-8(10)13/h2-4H,5H2,1H3. The summed E-state index contributed by atoms with van der Waals surface area (Å²) in [6, 6.07) is 5.12. The molecule has 96 valence electrons. The van der Waals surface area contributed by atoms with Crippen LogP contribution in [0.25, 0.3) is 0 Å². The number of amides is 1. The first-order chi connectivity index (χ1) is 9.08. The van der Waals surface area contributed by atoms with Crippen molar-refractivity contribution in [3.63, 3.8) is 0 Å². The van der Waals surface area contributed by atoms with Crippen molar-refractivity contribution in [1.29, 1.82) is 0 Å². The van der Waals surface area contributed by atoms with Gasteiger partial charge < -0.3 is 4.52 Å². The Morgan fingerprint density at radius 3 is 2.84 bits per heavy atom. The molecule has 1 aromatic carbocycles. The third kappa shape index (κ3) is 1.86. The Hall–Kier alpha value is -2.02. The van der Waals surface area contributed by atoms with Crippen LogP contribution in [0.5, 0.6) is 0 Å². The lowest BCUT2D eigenvalue weighted by atomic mass is 10.1. The summed E-state index contributed by atoms with van der Waals surface area (Å²) < 4.78 is 5.66. The van der Waals surface area contributed by atoms with Crippen LogP contribution in [0.3, 0.4) is 0 Å². The summed E-state index contributed by atoms with van der Waals surface area (Å²) >= 11 is 3.35. The lowest BCUT2D eigenvalue weighted by molar-refractivity contribution is -0.114. The molecule has 0 atom stereocenters. The Labute approximate surface area is 116 Å². The molecule has 0 saturated heterocycles. The first kappa shape index (κ1) is 12.0. The zero-order valence-electron chi connectivity index (χ0n) is 9.88. The maximum absolute atomic E-state index is 12.0. The summed E-state index contributed by atoms with van der Waals surface area (Å²) in [5.74, 6) is -0.326. The minimum atomic E-state index is -0.585. The molecule has 1 aliphatic rings. The number of aromatic nitrogens is 2. The third-order valence-electron chi connectivity index (χ3n) is 2.80. The molecule has 1 aromatic heterocycles. The van der Waals surface area contributed by atoms with Gasteiger partial charge >= 0.3 is 0 Å². The molecule has 19 heavy (non-hydrogen) atoms. The summed E-state index contributed by atoms with van der Waals surface area (Å²) in [5.41, 5.74) is 0.934. The zero-order chi connectivity index (χ0) is 13.6. The van der Waals surface area contributed by atoms with Crippen molar-refractivity contribution >= 4 is 33.3 Å². The van der Waals surface area contributed by atoms with E-state index in [2.05, 4.69) is 26.1 Å². The number of halogens is 1. The molecule has 7 heteroatoms. The van der Waals surface area contributed by atoms with Crippen molar-refractivity contribution in [3.05, 3.63) is 40.0 Å². The highest BCUT2D eigenvalue weighted by atomic mass is 79.9. The van der Waals surface area contributed by atoms with E-state index < -0.39 is 11.7 Å². The highest BCUT2D eigenvalue weighted by Gasteiger charge is 2.37. The molecule has 1 aliphatic heterocycles. The predicted octanol–water partition coefficient (Wildman–Crippen LogP) is 1.87. The summed E-state index contributed by atoms with van der Waals surface area (Å²) in [6.07, 6.45) is 0. The molecule has 0 N–H and O–H groups in total. The van der Waals surface area contributed by atoms with E-state index >= 15 is 0 Å². The minimum Gasteiger partial charge on any atom is -0.337 e. The zero-order valence-corrected chi connectivity index (χ0v) is 11.5. The molecule has 2 aromatic rings. The average molecular weight is 322 g/mol. The Morgan fingerprint density at radius 2 is 2.16 bits per heavy atom. The Morgan fingerprint density at radius 1 is 1.37 bits per heavy atom. The monoisotopic (exact) mass is 321 g/mol. The largest absolute Gasteiger partial charge is 0.337 e. The van der Waals surface area contributed by atoms with Crippen molar-refractivity contribution in [2.75, 3.05) is 4.90 Å². The summed E-state index contributed by atoms with van der Waals surface area (Å²) in [5, 5.41) is 3.66. The van der Waals surface area contributed by atoms with Crippen molar-refractivity contribution in [3.8, 4) is 0 Å². The number of hydrogen-bond donors (Lipinski definition) is 0. The SMILES string of the molecule is Cc1noc(CN2C(=O)C(=O)c3cccc(Br)c32)n1. The first-order valence-corrected chi connectivity index (χ1v) is 6.31. The van der Waals surface area contributed by atoms with Gasteiger partial charge in [-0.1, -0.05) is 11.2 Å². The van der Waals surface area contributed by atoms with Gasteiger partial charge in [0.15, 0.2) is 5.82 Å². The van der Waals surface area contributed by atoms with Gasteiger partial charge in [-0.2, -0.15) is 4.98 Å². The second-order valence-corrected chi connectivity index (χ2v) is 4.95. The Balaban J connectivity index is 2.04. The number of carbonyl (C=O) groups is 2. The third-order valence-corrected chi connectivity index (χ3v) is 3.44. The number of Topliss-reactive ketones (excluding diaryl/α,β-unsaturated/α-hetero) is 1. The molecule has 0 radical (unpaired) electrons. The van der Waals surface area contributed by atoms with E-state index in [-0.39, 0.29) is 6.54 Å². The molecule has 0 unspecified atom stereocenters. The maximum atomic E-state index is 12.0. The lowest BCUT2D eigenvalue weighted by Gasteiger charge is -2.15. The van der Waals surface area contributed by atoms with Gasteiger partial charge in [0.05, 0.1) is 11.3 Å². The molecular weight excluding hydrogens is 314 g/mol. The number of aryl methyl sites for hydroxylation is 1. The molecule has 6 nitrogen and oxygen atoms in total. The fourth-order valence-electron chi connectivity index (χ4n) is 2.00. The first-order valence-electron chi connectivity index (χ1n) is 5.52. The van der Waals surface area contributed by atoms with Gasteiger partial charge in [-0.3, -0.25) is 14.5 Å². The summed E-state index contributed by atoms with van der Waals surface area (Å²) in [6.45, 7) is 1.77. The molecule has 0 aliphatic carbocycles. The molecule has 3 rings (SSSR count). The van der Waals surface area contributed by atoms with Gasteiger partial charge in [0.2, 0.25) is 5.89 Å². The van der Waals surface area contributed by atoms with Crippen molar-refractivity contribution in [1.82, 2.24) is 10.1 Å². The number of rotatable bonds is 2. The molecule has 1 amide bonds. The molecule has 0 bridgehead atoms. The number of hydrogen-bond acceptors (Lipinski definition) is 5. The van der Waals surface area contributed by atoms with Gasteiger partial charge in [-0.25, -0.2) is 0 Å². The number of anilines is 1. The highest BCUT2D eigenvalue weighted by Crippen LogP contribution is 2.36. The molecule has 2 heterocycles. The Kier molecular flexibility index (Phi) is 2.70. The van der Waals surface area contributed by atoms with Crippen LogP contribution in [-0.4, -0.2) is 21.8 Å². The van der Waals surface area contributed by atoms with Crippen LogP contribution in [0.15, 0.2) is 27.2 Å². The van der Waals surface area contributed by atoms with E-state index in [1.807, 2.05) is 0 Å². The Bertz CT molecular complexity index is 695. The van der Waals surface area contributed by atoms with E-state index in [9.17, 15) is 9.59 Å². The van der Waals surface area contributed by atoms with Gasteiger partial charge in [-0.15, -0.1) is 0 Å². The number of nitrogens with zero attached hydrogens (tertiary/aromatic N) is 3. The second kappa shape index (κ2) is 4.27. The summed E-state index contributed by atoms with van der Waals surface area (Å²) in [4.78, 5) is 29.2. The molecule has 0 fully saturated rings. The van der Waals surface area contributed by atoms with Crippen LogP contribution in [0.2, 0.25) is 0 Å². The topological polar surface area (TPSA) is 76.3 Å². The van der Waals surface area contributed by atoms with Crippen LogP contribution in [0.4, 0.5) is 5.69 Å². The van der Waals surface area contributed by atoms with E-state index in [1.54, 1.807) is 25.1 Å². The van der Waals surface area contributed by atoms with Gasteiger partial charge in [0.1, 0.15) is 6.54 Å². The van der Waals surface area contributed by atoms with Gasteiger partial charge in [0.25, 0.3) is 11.7 Å². The average Bonchev–Trinajstić information content (AvgIpc) is 2.89. The number of ketones is 1. The van der Waals surface area contributed by atoms with E-state index in [4.69, 9.17) is 4.52 Å². The lowest BCUT2D eigenvalue weighted by Crippen LogP contribution is -2.29. The van der Waals surface area contributed by atoms with E-state index in [0.29, 0.717) is 27.4 Å². The number of fused-ring (bicyclic) bond motifs is 1. The smallest absolute Gasteiger partial charge is 0.299 e. The number of carbonyl (C=O) groups excluding carboxylic acids is 2.